The summed E-state index contributed by atoms with van der Waals surface area (Å²) in [6.45, 7) is 0.0194. The Kier molecular flexibility index (Phi) is 4.40. The van der Waals surface area contributed by atoms with Crippen LogP contribution in [0.3, 0.4) is 0 Å². The predicted molar refractivity (Wildman–Crippen MR) is 88.5 cm³/mol. The van der Waals surface area contributed by atoms with Crippen molar-refractivity contribution in [1.82, 2.24) is 15.3 Å². The zero-order valence-electron chi connectivity index (χ0n) is 12.0. The average Bonchev–Trinajstić information content (AvgIpc) is 2.59. The Balaban J connectivity index is 2.02. The van der Waals surface area contributed by atoms with Gasteiger partial charge in [0, 0.05) is 11.2 Å². The second-order valence-corrected chi connectivity index (χ2v) is 5.74. The van der Waals surface area contributed by atoms with Gasteiger partial charge in [0.1, 0.15) is 10.7 Å². The molecule has 7 heteroatoms. The molecule has 1 aromatic carbocycles. The summed E-state index contributed by atoms with van der Waals surface area (Å²) in [5, 5.41) is 12.3. The van der Waals surface area contributed by atoms with Gasteiger partial charge in [-0.3, -0.25) is 9.59 Å². The fraction of sp³-hybridized carbons (Fsp3) is 0.125. The van der Waals surface area contributed by atoms with Crippen molar-refractivity contribution < 1.29 is 9.90 Å². The maximum absolute atomic E-state index is 12.1. The fourth-order valence-electron chi connectivity index (χ4n) is 2.06. The summed E-state index contributed by atoms with van der Waals surface area (Å²) in [4.78, 5) is 32.3. The molecule has 2 aromatic heterocycles. The number of hydrogen-bond donors (Lipinski definition) is 2. The van der Waals surface area contributed by atoms with E-state index in [-0.39, 0.29) is 30.3 Å². The summed E-state index contributed by atoms with van der Waals surface area (Å²) >= 11 is 1.35. The topological polar surface area (TPSA) is 92.2 Å². The summed E-state index contributed by atoms with van der Waals surface area (Å²) in [6.07, 6.45) is 0. The lowest BCUT2D eigenvalue weighted by Gasteiger charge is -2.05. The van der Waals surface area contributed by atoms with Crippen molar-refractivity contribution in [3.63, 3.8) is 0 Å². The van der Waals surface area contributed by atoms with Gasteiger partial charge in [-0.15, -0.1) is 11.3 Å². The maximum atomic E-state index is 12.1. The van der Waals surface area contributed by atoms with Crippen LogP contribution < -0.4 is 10.9 Å². The van der Waals surface area contributed by atoms with Crippen molar-refractivity contribution in [3.8, 4) is 10.7 Å². The van der Waals surface area contributed by atoms with E-state index >= 15 is 0 Å². The first kappa shape index (κ1) is 15.3. The second kappa shape index (κ2) is 6.64. The highest BCUT2D eigenvalue weighted by atomic mass is 32.1. The Morgan fingerprint density at radius 2 is 1.96 bits per heavy atom. The van der Waals surface area contributed by atoms with E-state index in [2.05, 4.69) is 15.3 Å². The molecule has 2 N–H and O–H groups in total. The minimum absolute atomic E-state index is 0.140. The van der Waals surface area contributed by atoms with E-state index in [0.717, 1.165) is 4.70 Å². The molecule has 0 saturated heterocycles. The predicted octanol–water partition coefficient (Wildman–Crippen LogP) is 1.44. The monoisotopic (exact) mass is 327 g/mol. The third-order valence-corrected chi connectivity index (χ3v) is 4.20. The molecule has 0 aliphatic heterocycles. The highest BCUT2D eigenvalue weighted by Crippen LogP contribution is 2.24. The number of hydrogen-bond acceptors (Lipinski definition) is 6. The van der Waals surface area contributed by atoms with Gasteiger partial charge in [-0.1, -0.05) is 18.2 Å². The van der Waals surface area contributed by atoms with Crippen molar-refractivity contribution in [1.29, 1.82) is 0 Å². The summed E-state index contributed by atoms with van der Waals surface area (Å²) < 4.78 is 0.819. The minimum Gasteiger partial charge on any atom is -0.395 e. The van der Waals surface area contributed by atoms with Gasteiger partial charge in [-0.05, 0) is 24.3 Å². The van der Waals surface area contributed by atoms with Crippen LogP contribution in [0.15, 0.2) is 47.3 Å². The minimum atomic E-state index is -0.381. The number of nitrogens with zero attached hydrogens (tertiary/aromatic N) is 2. The first-order chi connectivity index (χ1) is 11.2. The largest absolute Gasteiger partial charge is 0.395 e. The summed E-state index contributed by atoms with van der Waals surface area (Å²) in [5.41, 5.74) is 0.367. The summed E-state index contributed by atoms with van der Waals surface area (Å²) in [6, 6.07) is 12.2. The smallest absolute Gasteiger partial charge is 0.279 e. The molecule has 3 aromatic rings. The number of fused-ring (bicyclic) bond motifs is 1. The Hall–Kier alpha value is -2.64. The van der Waals surface area contributed by atoms with Crippen LogP contribution in [0.1, 0.15) is 10.5 Å². The molecule has 0 saturated carbocycles. The van der Waals surface area contributed by atoms with Crippen molar-refractivity contribution in [2.75, 3.05) is 13.2 Å². The maximum Gasteiger partial charge on any atom is 0.279 e. The first-order valence-electron chi connectivity index (χ1n) is 6.95. The fourth-order valence-corrected chi connectivity index (χ4v) is 3.03. The number of rotatable bonds is 4. The van der Waals surface area contributed by atoms with E-state index in [4.69, 9.17) is 5.11 Å². The molecule has 0 aliphatic carbocycles. The van der Waals surface area contributed by atoms with Crippen LogP contribution in [0.2, 0.25) is 0 Å². The number of carbonyl (C=O) groups excluding carboxylic acids is 1. The van der Waals surface area contributed by atoms with Crippen LogP contribution in [0, 0.1) is 0 Å². The second-order valence-electron chi connectivity index (χ2n) is 4.71. The van der Waals surface area contributed by atoms with Crippen LogP contribution in [-0.4, -0.2) is 34.1 Å². The Labute approximate surface area is 135 Å². The quantitative estimate of drug-likeness (QED) is 0.756. The molecule has 0 fully saturated rings. The normalized spacial score (nSPS) is 10.7. The zero-order valence-corrected chi connectivity index (χ0v) is 12.8. The van der Waals surface area contributed by atoms with Crippen molar-refractivity contribution in [3.05, 3.63) is 58.5 Å². The number of nitrogens with one attached hydrogen (secondary N) is 1. The number of aromatic nitrogens is 2. The Morgan fingerprint density at radius 1 is 1.13 bits per heavy atom. The number of aliphatic hydroxyl groups excluding tert-OH is 1. The summed E-state index contributed by atoms with van der Waals surface area (Å²) in [5.74, 6) is -0.381. The van der Waals surface area contributed by atoms with Gasteiger partial charge in [-0.25, -0.2) is 4.98 Å². The van der Waals surface area contributed by atoms with Gasteiger partial charge in [-0.2, -0.15) is 4.98 Å². The molecule has 2 heterocycles. The van der Waals surface area contributed by atoms with Crippen LogP contribution in [0.4, 0.5) is 0 Å². The Morgan fingerprint density at radius 3 is 2.78 bits per heavy atom. The highest BCUT2D eigenvalue weighted by molar-refractivity contribution is 7.21. The molecule has 0 radical (unpaired) electrons. The van der Waals surface area contributed by atoms with E-state index in [0.29, 0.717) is 16.1 Å². The van der Waals surface area contributed by atoms with E-state index in [1.165, 1.54) is 11.3 Å². The molecule has 0 aliphatic rings. The highest BCUT2D eigenvalue weighted by Gasteiger charge is 2.11. The lowest BCUT2D eigenvalue weighted by atomic mass is 10.3. The molecule has 3 rings (SSSR count). The lowest BCUT2D eigenvalue weighted by molar-refractivity contribution is 0.0940. The van der Waals surface area contributed by atoms with Gasteiger partial charge in [0.15, 0.2) is 0 Å². The van der Waals surface area contributed by atoms with Gasteiger partial charge in [0.2, 0.25) is 0 Å². The Bertz CT molecular complexity index is 924. The zero-order chi connectivity index (χ0) is 16.2. The average molecular weight is 327 g/mol. The van der Waals surface area contributed by atoms with Gasteiger partial charge < -0.3 is 10.4 Å². The van der Waals surface area contributed by atoms with Crippen LogP contribution in [-0.2, 0) is 0 Å². The molecular formula is C16H13N3O3S. The van der Waals surface area contributed by atoms with Crippen LogP contribution in [0.5, 0.6) is 0 Å². The third kappa shape index (κ3) is 3.25. The number of benzene rings is 1. The summed E-state index contributed by atoms with van der Waals surface area (Å²) in [7, 11) is 0. The van der Waals surface area contributed by atoms with E-state index < -0.39 is 0 Å². The SMILES string of the molecule is O=C(NCCO)c1cccc(-c2nc(=O)c3ccccc3s2)n1. The first-order valence-corrected chi connectivity index (χ1v) is 7.77. The number of pyridine rings is 1. The number of amides is 1. The van der Waals surface area contributed by atoms with Crippen molar-refractivity contribution >= 4 is 27.3 Å². The molecule has 6 nitrogen and oxygen atoms in total. The molecule has 0 atom stereocenters. The van der Waals surface area contributed by atoms with Crippen LogP contribution >= 0.6 is 11.3 Å². The van der Waals surface area contributed by atoms with E-state index in [1.807, 2.05) is 12.1 Å². The molecule has 116 valence electrons. The molecule has 0 unspecified atom stereocenters. The van der Waals surface area contributed by atoms with Gasteiger partial charge >= 0.3 is 0 Å². The van der Waals surface area contributed by atoms with Crippen molar-refractivity contribution in [2.24, 2.45) is 0 Å². The van der Waals surface area contributed by atoms with Gasteiger partial charge in [0.05, 0.1) is 17.7 Å². The van der Waals surface area contributed by atoms with Gasteiger partial charge in [0.25, 0.3) is 11.5 Å². The van der Waals surface area contributed by atoms with E-state index in [9.17, 15) is 9.59 Å². The number of carbonyl (C=O) groups is 1. The molecule has 1 amide bonds. The molecule has 0 spiro atoms. The lowest BCUT2D eigenvalue weighted by Crippen LogP contribution is -2.27. The van der Waals surface area contributed by atoms with E-state index in [1.54, 1.807) is 30.3 Å². The molecular weight excluding hydrogens is 314 g/mol. The number of aliphatic hydroxyl groups is 1. The van der Waals surface area contributed by atoms with Crippen molar-refractivity contribution in [2.45, 2.75) is 0 Å². The molecule has 0 bridgehead atoms. The third-order valence-electron chi connectivity index (χ3n) is 3.13. The van der Waals surface area contributed by atoms with Crippen LogP contribution in [0.25, 0.3) is 20.8 Å². The molecule has 23 heavy (non-hydrogen) atoms. The standard InChI is InChI=1S/C16H13N3O3S/c20-9-8-17-15(22)11-5-3-6-12(18-11)16-19-14(21)10-4-1-2-7-13(10)23-16/h1-7,20H,8-9H2,(H,17,22).